The van der Waals surface area contributed by atoms with Gasteiger partial charge in [0.1, 0.15) is 0 Å². The molecular weight excluding hydrogens is 184 g/mol. The highest BCUT2D eigenvalue weighted by Gasteiger charge is 2.29. The van der Waals surface area contributed by atoms with Crippen LogP contribution in [0.5, 0.6) is 0 Å². The number of hydrogen-bond acceptors (Lipinski definition) is 4. The van der Waals surface area contributed by atoms with Crippen molar-refractivity contribution in [1.82, 2.24) is 5.32 Å². The zero-order valence-corrected chi connectivity index (χ0v) is 8.49. The van der Waals surface area contributed by atoms with Crippen molar-refractivity contribution >= 4 is 5.91 Å². The summed E-state index contributed by atoms with van der Waals surface area (Å²) in [5.41, 5.74) is 0. The van der Waals surface area contributed by atoms with Crippen LogP contribution in [0.15, 0.2) is 0 Å². The van der Waals surface area contributed by atoms with Gasteiger partial charge in [-0.25, -0.2) is 5.90 Å². The van der Waals surface area contributed by atoms with Crippen LogP contribution in [0.1, 0.15) is 19.8 Å². The molecule has 1 fully saturated rings. The Morgan fingerprint density at radius 2 is 2.50 bits per heavy atom. The second kappa shape index (κ2) is 5.95. The number of ether oxygens (including phenoxy) is 1. The summed E-state index contributed by atoms with van der Waals surface area (Å²) < 4.78 is 5.21. The minimum Gasteiger partial charge on any atom is -0.382 e. The molecule has 82 valence electrons. The van der Waals surface area contributed by atoms with Crippen LogP contribution in [-0.2, 0) is 14.4 Å². The van der Waals surface area contributed by atoms with Gasteiger partial charge in [0.25, 0.3) is 0 Å². The minimum atomic E-state index is -0.0829. The molecule has 0 bridgehead atoms. The molecule has 1 heterocycles. The Morgan fingerprint density at radius 1 is 1.71 bits per heavy atom. The maximum atomic E-state index is 11.0. The van der Waals surface area contributed by atoms with Crippen LogP contribution in [0.4, 0.5) is 0 Å². The number of rotatable bonds is 6. The Balaban J connectivity index is 2.26. The molecule has 0 aromatic heterocycles. The summed E-state index contributed by atoms with van der Waals surface area (Å²) in [6.45, 7) is 3.92. The molecule has 2 unspecified atom stereocenters. The predicted molar refractivity (Wildman–Crippen MR) is 51.3 cm³/mol. The van der Waals surface area contributed by atoms with Gasteiger partial charge in [-0.05, 0) is 13.3 Å². The molecule has 2 atom stereocenters. The zero-order chi connectivity index (χ0) is 10.4. The van der Waals surface area contributed by atoms with Gasteiger partial charge in [-0.1, -0.05) is 0 Å². The number of carbonyl (C=O) groups is 1. The maximum absolute atomic E-state index is 11.0. The van der Waals surface area contributed by atoms with Crippen LogP contribution < -0.4 is 11.2 Å². The van der Waals surface area contributed by atoms with E-state index in [1.807, 2.05) is 6.92 Å². The predicted octanol–water partition coefficient (Wildman–Crippen LogP) is -0.192. The third-order valence-electron chi connectivity index (χ3n) is 2.46. The third-order valence-corrected chi connectivity index (χ3v) is 2.46. The number of hydrogen-bond donors (Lipinski definition) is 2. The van der Waals surface area contributed by atoms with Crippen LogP contribution in [0.25, 0.3) is 0 Å². The van der Waals surface area contributed by atoms with E-state index >= 15 is 0 Å². The quantitative estimate of drug-likeness (QED) is 0.462. The summed E-state index contributed by atoms with van der Waals surface area (Å²) in [7, 11) is 0. The molecule has 1 amide bonds. The van der Waals surface area contributed by atoms with E-state index < -0.39 is 0 Å². The van der Waals surface area contributed by atoms with E-state index in [9.17, 15) is 4.79 Å². The molecule has 5 heteroatoms. The molecule has 0 spiro atoms. The number of nitrogens with two attached hydrogens (primary N) is 1. The topological polar surface area (TPSA) is 73.6 Å². The van der Waals surface area contributed by atoms with Gasteiger partial charge in [-0.3, -0.25) is 4.79 Å². The van der Waals surface area contributed by atoms with Crippen molar-refractivity contribution in [3.8, 4) is 0 Å². The Kier molecular flexibility index (Phi) is 4.86. The van der Waals surface area contributed by atoms with Gasteiger partial charge in [0.05, 0.1) is 6.10 Å². The van der Waals surface area contributed by atoms with Gasteiger partial charge in [0.2, 0.25) is 5.91 Å². The fraction of sp³-hybridized carbons (Fsp3) is 0.889. The zero-order valence-electron chi connectivity index (χ0n) is 8.49. The van der Waals surface area contributed by atoms with Crippen LogP contribution in [-0.4, -0.2) is 31.8 Å². The van der Waals surface area contributed by atoms with Crippen molar-refractivity contribution in [3.63, 3.8) is 0 Å². The molecule has 0 aliphatic carbocycles. The lowest BCUT2D eigenvalue weighted by Gasteiger charge is -2.19. The van der Waals surface area contributed by atoms with E-state index in [2.05, 4.69) is 5.32 Å². The fourth-order valence-electron chi connectivity index (χ4n) is 1.65. The van der Waals surface area contributed by atoms with Crippen molar-refractivity contribution in [3.05, 3.63) is 0 Å². The first-order chi connectivity index (χ1) is 6.77. The molecule has 0 aromatic rings. The summed E-state index contributed by atoms with van der Waals surface area (Å²) in [4.78, 5) is 15.8. The van der Waals surface area contributed by atoms with E-state index in [0.29, 0.717) is 26.2 Å². The van der Waals surface area contributed by atoms with Crippen LogP contribution in [0, 0.1) is 5.92 Å². The van der Waals surface area contributed by atoms with E-state index in [0.717, 1.165) is 6.42 Å². The largest absolute Gasteiger partial charge is 0.382 e. The average Bonchev–Trinajstić information content (AvgIpc) is 2.60. The van der Waals surface area contributed by atoms with Crippen LogP contribution >= 0.6 is 0 Å². The van der Waals surface area contributed by atoms with Gasteiger partial charge in [0, 0.05) is 32.1 Å². The minimum absolute atomic E-state index is 0.0773. The molecule has 1 aliphatic rings. The van der Waals surface area contributed by atoms with Gasteiger partial charge in [-0.15, -0.1) is 0 Å². The average molecular weight is 202 g/mol. The molecular formula is C9H18N2O3. The molecule has 0 radical (unpaired) electrons. The highest BCUT2D eigenvalue weighted by molar-refractivity contribution is 5.78. The number of nitrogens with one attached hydrogen (secondary N) is 1. The summed E-state index contributed by atoms with van der Waals surface area (Å²) in [5.74, 6) is 5.45. The second-order valence-corrected chi connectivity index (χ2v) is 3.43. The van der Waals surface area contributed by atoms with Crippen molar-refractivity contribution in [1.29, 1.82) is 0 Å². The van der Waals surface area contributed by atoms with E-state index in [1.54, 1.807) is 0 Å². The van der Waals surface area contributed by atoms with Crippen molar-refractivity contribution < 1.29 is 14.4 Å². The Labute approximate surface area is 83.9 Å². The van der Waals surface area contributed by atoms with Crippen LogP contribution in [0.3, 0.4) is 0 Å². The first kappa shape index (κ1) is 11.4. The fourth-order valence-corrected chi connectivity index (χ4v) is 1.65. The Morgan fingerprint density at radius 3 is 3.00 bits per heavy atom. The summed E-state index contributed by atoms with van der Waals surface area (Å²) >= 11 is 0. The molecule has 1 rings (SSSR count). The first-order valence-electron chi connectivity index (χ1n) is 4.98. The lowest BCUT2D eigenvalue weighted by molar-refractivity contribution is -0.119. The van der Waals surface area contributed by atoms with Crippen molar-refractivity contribution in [2.75, 3.05) is 19.8 Å². The first-order valence-corrected chi connectivity index (χ1v) is 4.98. The number of carbonyl (C=O) groups excluding carboxylic acids is 1. The molecule has 1 aliphatic heterocycles. The summed E-state index contributed by atoms with van der Waals surface area (Å²) in [6, 6.07) is 0. The van der Waals surface area contributed by atoms with Gasteiger partial charge >= 0.3 is 0 Å². The third kappa shape index (κ3) is 3.25. The highest BCUT2D eigenvalue weighted by Crippen LogP contribution is 2.18. The molecule has 3 N–H and O–H groups in total. The van der Waals surface area contributed by atoms with E-state index in [-0.39, 0.29) is 17.9 Å². The van der Waals surface area contributed by atoms with Crippen molar-refractivity contribution in [2.24, 2.45) is 11.8 Å². The highest BCUT2D eigenvalue weighted by atomic mass is 16.6. The molecule has 5 nitrogen and oxygen atoms in total. The maximum Gasteiger partial charge on any atom is 0.220 e. The summed E-state index contributed by atoms with van der Waals surface area (Å²) in [5, 5.41) is 2.76. The SMILES string of the molecule is CCOCCC(ON)C1CNC(=O)C1. The monoisotopic (exact) mass is 202 g/mol. The Hall–Kier alpha value is -0.650. The Bertz CT molecular complexity index is 187. The van der Waals surface area contributed by atoms with E-state index in [1.165, 1.54) is 0 Å². The standard InChI is InChI=1S/C9H18N2O3/c1-2-13-4-3-8(14-10)7-5-9(12)11-6-7/h7-8H,2-6,10H2,1H3,(H,11,12). The van der Waals surface area contributed by atoms with Gasteiger partial charge < -0.3 is 14.9 Å². The van der Waals surface area contributed by atoms with Crippen molar-refractivity contribution in [2.45, 2.75) is 25.9 Å². The molecule has 0 aromatic carbocycles. The molecule has 14 heavy (non-hydrogen) atoms. The number of amides is 1. The summed E-state index contributed by atoms with van der Waals surface area (Å²) in [6.07, 6.45) is 1.17. The van der Waals surface area contributed by atoms with Crippen LogP contribution in [0.2, 0.25) is 0 Å². The normalized spacial score (nSPS) is 23.6. The van der Waals surface area contributed by atoms with Gasteiger partial charge in [0.15, 0.2) is 0 Å². The van der Waals surface area contributed by atoms with E-state index in [4.69, 9.17) is 15.5 Å². The smallest absolute Gasteiger partial charge is 0.220 e. The molecule has 1 saturated heterocycles. The second-order valence-electron chi connectivity index (χ2n) is 3.43. The molecule has 0 saturated carbocycles. The lowest BCUT2D eigenvalue weighted by Crippen LogP contribution is -2.30. The lowest BCUT2D eigenvalue weighted by atomic mass is 9.99. The van der Waals surface area contributed by atoms with Gasteiger partial charge in [-0.2, -0.15) is 0 Å².